The van der Waals surface area contributed by atoms with Gasteiger partial charge in [-0.15, -0.1) is 5.10 Å². The summed E-state index contributed by atoms with van der Waals surface area (Å²) in [5.74, 6) is 0.288. The van der Waals surface area contributed by atoms with E-state index in [2.05, 4.69) is 20.1 Å². The zero-order valence-electron chi connectivity index (χ0n) is 15.8. The summed E-state index contributed by atoms with van der Waals surface area (Å²) in [6.45, 7) is 5.66. The van der Waals surface area contributed by atoms with Crippen LogP contribution in [0.1, 0.15) is 35.3 Å². The maximum Gasteiger partial charge on any atom is 0.276 e. The maximum absolute atomic E-state index is 13.1. The Hall–Kier alpha value is -2.94. The zero-order valence-corrected chi connectivity index (χ0v) is 15.8. The van der Waals surface area contributed by atoms with Crippen LogP contribution in [0.5, 0.6) is 0 Å². The van der Waals surface area contributed by atoms with Crippen LogP contribution in [-0.4, -0.2) is 72.3 Å². The van der Waals surface area contributed by atoms with Crippen LogP contribution < -0.4 is 5.56 Å². The molecule has 1 atom stereocenters. The summed E-state index contributed by atoms with van der Waals surface area (Å²) >= 11 is 0. The third-order valence-corrected chi connectivity index (χ3v) is 5.94. The van der Waals surface area contributed by atoms with Gasteiger partial charge >= 0.3 is 0 Å². The molecule has 146 valence electrons. The number of carbonyl (C=O) groups is 1. The molecule has 5 rings (SSSR count). The summed E-state index contributed by atoms with van der Waals surface area (Å²) in [6.07, 6.45) is 6.82. The van der Waals surface area contributed by atoms with Gasteiger partial charge in [0.15, 0.2) is 0 Å². The molecule has 0 spiro atoms. The molecule has 0 saturated carbocycles. The Labute approximate surface area is 161 Å². The van der Waals surface area contributed by atoms with Gasteiger partial charge in [-0.05, 0) is 51.4 Å². The minimum Gasteiger partial charge on any atom is -0.337 e. The predicted molar refractivity (Wildman–Crippen MR) is 103 cm³/mol. The number of aromatic nitrogens is 5. The molecule has 1 amide bonds. The molecule has 9 nitrogen and oxygen atoms in total. The second kappa shape index (κ2) is 6.59. The standard InChI is InChI=1S/C19H23N7O2/c1-13-15(18(28)24-10-6-14(12-24)23-7-2-3-8-23)11-20-26(13)19-21-17(27)16-5-4-9-25(16)22-19/h4-5,9,11,14H,2-3,6-8,10,12H2,1H3,(H,21,22,27). The third-order valence-electron chi connectivity index (χ3n) is 5.94. The highest BCUT2D eigenvalue weighted by Crippen LogP contribution is 2.23. The van der Waals surface area contributed by atoms with Crippen LogP contribution >= 0.6 is 0 Å². The molecular formula is C19H23N7O2. The van der Waals surface area contributed by atoms with Crippen molar-refractivity contribution in [2.45, 2.75) is 32.2 Å². The molecule has 2 fully saturated rings. The molecule has 0 bridgehead atoms. The lowest BCUT2D eigenvalue weighted by Gasteiger charge is -2.23. The molecular weight excluding hydrogens is 358 g/mol. The number of carbonyl (C=O) groups excluding carboxylic acids is 1. The molecule has 28 heavy (non-hydrogen) atoms. The first-order valence-corrected chi connectivity index (χ1v) is 9.78. The van der Waals surface area contributed by atoms with Crippen molar-refractivity contribution in [3.63, 3.8) is 0 Å². The van der Waals surface area contributed by atoms with Gasteiger partial charge in [-0.3, -0.25) is 19.5 Å². The number of likely N-dealkylation sites (tertiary alicyclic amines) is 2. The van der Waals surface area contributed by atoms with Crippen molar-refractivity contribution in [1.82, 2.24) is 34.2 Å². The smallest absolute Gasteiger partial charge is 0.276 e. The van der Waals surface area contributed by atoms with Crippen molar-refractivity contribution in [3.8, 4) is 5.95 Å². The lowest BCUT2D eigenvalue weighted by Crippen LogP contribution is -2.37. The number of nitrogens with one attached hydrogen (secondary N) is 1. The molecule has 5 heterocycles. The first-order chi connectivity index (χ1) is 13.6. The summed E-state index contributed by atoms with van der Waals surface area (Å²) in [5, 5.41) is 8.71. The van der Waals surface area contributed by atoms with Gasteiger partial charge in [0.1, 0.15) is 5.52 Å². The van der Waals surface area contributed by atoms with Crippen molar-refractivity contribution in [2.75, 3.05) is 26.2 Å². The van der Waals surface area contributed by atoms with E-state index in [9.17, 15) is 9.59 Å². The minimum atomic E-state index is -0.245. The SMILES string of the molecule is Cc1c(C(=O)N2CCC(N3CCCC3)C2)cnn1-c1nn2cccc2c(=O)[nH]1. The van der Waals surface area contributed by atoms with Crippen molar-refractivity contribution >= 4 is 11.4 Å². The van der Waals surface area contributed by atoms with Gasteiger partial charge in [-0.1, -0.05) is 0 Å². The first-order valence-electron chi connectivity index (χ1n) is 9.78. The summed E-state index contributed by atoms with van der Waals surface area (Å²) < 4.78 is 3.03. The fraction of sp³-hybridized carbons (Fsp3) is 0.474. The molecule has 0 radical (unpaired) electrons. The highest BCUT2D eigenvalue weighted by atomic mass is 16.2. The van der Waals surface area contributed by atoms with Gasteiger partial charge in [-0.25, -0.2) is 9.20 Å². The molecule has 9 heteroatoms. The summed E-state index contributed by atoms with van der Waals surface area (Å²) in [5.41, 5.74) is 1.45. The van der Waals surface area contributed by atoms with E-state index < -0.39 is 0 Å². The molecule has 1 unspecified atom stereocenters. The molecule has 2 saturated heterocycles. The van der Waals surface area contributed by atoms with E-state index in [0.717, 1.165) is 32.6 Å². The number of rotatable bonds is 3. The molecule has 3 aromatic heterocycles. The first kappa shape index (κ1) is 17.2. The van der Waals surface area contributed by atoms with E-state index in [0.29, 0.717) is 28.8 Å². The van der Waals surface area contributed by atoms with Crippen molar-refractivity contribution in [3.05, 3.63) is 46.1 Å². The predicted octanol–water partition coefficient (Wildman–Crippen LogP) is 0.827. The van der Waals surface area contributed by atoms with Crippen LogP contribution in [0.2, 0.25) is 0 Å². The van der Waals surface area contributed by atoms with Crippen LogP contribution in [-0.2, 0) is 0 Å². The van der Waals surface area contributed by atoms with E-state index in [1.54, 1.807) is 24.5 Å². The number of nitrogens with zero attached hydrogens (tertiary/aromatic N) is 6. The van der Waals surface area contributed by atoms with Gasteiger partial charge in [0.2, 0.25) is 5.95 Å². The largest absolute Gasteiger partial charge is 0.337 e. The average Bonchev–Trinajstić information content (AvgIpc) is 3.45. The molecule has 2 aliphatic rings. The summed E-state index contributed by atoms with van der Waals surface area (Å²) in [7, 11) is 0. The van der Waals surface area contributed by atoms with Crippen LogP contribution in [0, 0.1) is 6.92 Å². The quantitative estimate of drug-likeness (QED) is 0.726. The van der Waals surface area contributed by atoms with Crippen LogP contribution in [0.4, 0.5) is 0 Å². The lowest BCUT2D eigenvalue weighted by molar-refractivity contribution is 0.0779. The van der Waals surface area contributed by atoms with E-state index in [4.69, 9.17) is 0 Å². The second-order valence-electron chi connectivity index (χ2n) is 7.61. The van der Waals surface area contributed by atoms with Gasteiger partial charge < -0.3 is 4.90 Å². The maximum atomic E-state index is 13.1. The number of H-pyrrole nitrogens is 1. The average molecular weight is 381 g/mol. The molecule has 1 N–H and O–H groups in total. The van der Waals surface area contributed by atoms with Crippen molar-refractivity contribution in [1.29, 1.82) is 0 Å². The normalized spacial score (nSPS) is 20.5. The molecule has 0 aliphatic carbocycles. The number of hydrogen-bond donors (Lipinski definition) is 1. The topological polar surface area (TPSA) is 91.5 Å². The number of amides is 1. The highest BCUT2D eigenvalue weighted by Gasteiger charge is 2.33. The second-order valence-corrected chi connectivity index (χ2v) is 7.61. The fourth-order valence-electron chi connectivity index (χ4n) is 4.36. The van der Waals surface area contributed by atoms with Crippen LogP contribution in [0.15, 0.2) is 29.3 Å². The van der Waals surface area contributed by atoms with Crippen molar-refractivity contribution < 1.29 is 4.79 Å². The van der Waals surface area contributed by atoms with Crippen LogP contribution in [0.25, 0.3) is 11.5 Å². The number of fused-ring (bicyclic) bond motifs is 1. The molecule has 3 aromatic rings. The lowest BCUT2D eigenvalue weighted by atomic mass is 10.2. The van der Waals surface area contributed by atoms with Gasteiger partial charge in [0, 0.05) is 25.3 Å². The van der Waals surface area contributed by atoms with Gasteiger partial charge in [-0.2, -0.15) is 5.10 Å². The highest BCUT2D eigenvalue weighted by molar-refractivity contribution is 5.95. The Morgan fingerprint density at radius 3 is 2.89 bits per heavy atom. The van der Waals surface area contributed by atoms with Gasteiger partial charge in [0.05, 0.1) is 17.5 Å². The van der Waals surface area contributed by atoms with E-state index in [-0.39, 0.29) is 11.5 Å². The van der Waals surface area contributed by atoms with E-state index in [1.807, 2.05) is 11.8 Å². The molecule has 0 aromatic carbocycles. The summed E-state index contributed by atoms with van der Waals surface area (Å²) in [6, 6.07) is 3.93. The Balaban J connectivity index is 1.40. The number of aromatic amines is 1. The van der Waals surface area contributed by atoms with Gasteiger partial charge in [0.25, 0.3) is 11.5 Å². The summed E-state index contributed by atoms with van der Waals surface area (Å²) in [4.78, 5) is 32.5. The Kier molecular flexibility index (Phi) is 4.04. The monoisotopic (exact) mass is 381 g/mol. The van der Waals surface area contributed by atoms with E-state index in [1.165, 1.54) is 22.0 Å². The Morgan fingerprint density at radius 2 is 2.07 bits per heavy atom. The van der Waals surface area contributed by atoms with Crippen LogP contribution in [0.3, 0.4) is 0 Å². The number of hydrogen-bond acceptors (Lipinski definition) is 5. The van der Waals surface area contributed by atoms with E-state index >= 15 is 0 Å². The zero-order chi connectivity index (χ0) is 19.3. The third kappa shape index (κ3) is 2.73. The Bertz CT molecular complexity index is 1090. The fourth-order valence-corrected chi connectivity index (χ4v) is 4.36. The Morgan fingerprint density at radius 1 is 1.25 bits per heavy atom. The minimum absolute atomic E-state index is 0.00478. The molecule has 2 aliphatic heterocycles. The van der Waals surface area contributed by atoms with Crippen molar-refractivity contribution in [2.24, 2.45) is 0 Å².